The minimum absolute atomic E-state index is 0.305. The van der Waals surface area contributed by atoms with Crippen molar-refractivity contribution in [3.8, 4) is 0 Å². The number of piperazine rings is 1. The third-order valence-electron chi connectivity index (χ3n) is 4.50. The molecule has 1 aliphatic heterocycles. The smallest absolute Gasteiger partial charge is 0.271 e. The number of thiophene rings is 1. The number of rotatable bonds is 4. The van der Waals surface area contributed by atoms with Crippen LogP contribution < -0.4 is 9.62 Å². The van der Waals surface area contributed by atoms with Gasteiger partial charge in [-0.3, -0.25) is 4.72 Å². The number of sulfonamides is 1. The maximum absolute atomic E-state index is 12.8. The zero-order chi connectivity index (χ0) is 18.1. The van der Waals surface area contributed by atoms with Crippen molar-refractivity contribution in [2.75, 3.05) is 42.8 Å². The molecule has 26 heavy (non-hydrogen) atoms. The normalized spacial score (nSPS) is 16.1. The highest BCUT2D eigenvalue weighted by Gasteiger charge is 2.22. The number of benzene rings is 1. The van der Waals surface area contributed by atoms with Crippen LogP contribution in [-0.2, 0) is 10.0 Å². The topological polar surface area (TPSA) is 65.5 Å². The van der Waals surface area contributed by atoms with Crippen molar-refractivity contribution >= 4 is 43.0 Å². The van der Waals surface area contributed by atoms with E-state index in [0.29, 0.717) is 9.90 Å². The summed E-state index contributed by atoms with van der Waals surface area (Å²) < 4.78 is 29.4. The van der Waals surface area contributed by atoms with Gasteiger partial charge in [0.15, 0.2) is 0 Å². The molecule has 1 aliphatic rings. The molecule has 0 aliphatic carbocycles. The summed E-state index contributed by atoms with van der Waals surface area (Å²) in [5.74, 6) is 0.869. The van der Waals surface area contributed by atoms with E-state index in [1.54, 1.807) is 36.5 Å². The Labute approximate surface area is 157 Å². The van der Waals surface area contributed by atoms with E-state index in [0.717, 1.165) is 42.1 Å². The number of para-hydroxylation sites is 1. The molecule has 3 heterocycles. The Morgan fingerprint density at radius 1 is 1.08 bits per heavy atom. The Hall–Kier alpha value is -2.16. The van der Waals surface area contributed by atoms with Crippen LogP contribution in [0.1, 0.15) is 0 Å². The Balaban J connectivity index is 1.68. The van der Waals surface area contributed by atoms with Crippen molar-refractivity contribution in [2.24, 2.45) is 0 Å². The number of hydrogen-bond acceptors (Lipinski definition) is 6. The lowest BCUT2D eigenvalue weighted by atomic mass is 10.2. The minimum Gasteiger partial charge on any atom is -0.354 e. The van der Waals surface area contributed by atoms with Crippen LogP contribution in [0.3, 0.4) is 0 Å². The largest absolute Gasteiger partial charge is 0.354 e. The maximum Gasteiger partial charge on any atom is 0.271 e. The Bertz CT molecular complexity index is 1010. The van der Waals surface area contributed by atoms with E-state index in [-0.39, 0.29) is 0 Å². The predicted molar refractivity (Wildman–Crippen MR) is 107 cm³/mol. The van der Waals surface area contributed by atoms with Gasteiger partial charge in [0.2, 0.25) is 0 Å². The quantitative estimate of drug-likeness (QED) is 0.745. The summed E-state index contributed by atoms with van der Waals surface area (Å²) in [4.78, 5) is 9.05. The van der Waals surface area contributed by atoms with E-state index in [1.165, 1.54) is 11.3 Å². The molecule has 1 fully saturated rings. The fourth-order valence-corrected chi connectivity index (χ4v) is 5.48. The fraction of sp³-hybridized carbons (Fsp3) is 0.278. The van der Waals surface area contributed by atoms with Crippen LogP contribution in [-0.4, -0.2) is 51.5 Å². The van der Waals surface area contributed by atoms with E-state index >= 15 is 0 Å². The highest BCUT2D eigenvalue weighted by molar-refractivity contribution is 7.94. The van der Waals surface area contributed by atoms with Gasteiger partial charge in [-0.15, -0.1) is 11.3 Å². The number of aromatic nitrogens is 1. The molecule has 136 valence electrons. The molecule has 4 rings (SSSR count). The zero-order valence-corrected chi connectivity index (χ0v) is 16.1. The number of hydrogen-bond donors (Lipinski definition) is 1. The molecule has 0 atom stereocenters. The third-order valence-corrected chi connectivity index (χ3v) is 7.45. The van der Waals surface area contributed by atoms with E-state index in [2.05, 4.69) is 26.6 Å². The third kappa shape index (κ3) is 3.40. The van der Waals surface area contributed by atoms with Crippen LogP contribution in [0.15, 0.2) is 52.9 Å². The highest BCUT2D eigenvalue weighted by Crippen LogP contribution is 2.35. The van der Waals surface area contributed by atoms with Crippen molar-refractivity contribution in [1.29, 1.82) is 0 Å². The van der Waals surface area contributed by atoms with Gasteiger partial charge in [0.05, 0.1) is 0 Å². The fourth-order valence-electron chi connectivity index (χ4n) is 3.04. The Morgan fingerprint density at radius 2 is 1.81 bits per heavy atom. The second-order valence-electron chi connectivity index (χ2n) is 6.37. The summed E-state index contributed by atoms with van der Waals surface area (Å²) in [7, 11) is -1.51. The van der Waals surface area contributed by atoms with Gasteiger partial charge >= 0.3 is 0 Å². The molecule has 6 nitrogen and oxygen atoms in total. The first kappa shape index (κ1) is 17.3. The monoisotopic (exact) mass is 388 g/mol. The van der Waals surface area contributed by atoms with Gasteiger partial charge in [-0.05, 0) is 31.3 Å². The van der Waals surface area contributed by atoms with E-state index in [9.17, 15) is 8.42 Å². The van der Waals surface area contributed by atoms with Gasteiger partial charge in [0.1, 0.15) is 10.0 Å². The second-order valence-corrected chi connectivity index (χ2v) is 9.37. The Kier molecular flexibility index (Phi) is 4.56. The second kappa shape index (κ2) is 6.86. The molecule has 1 N–H and O–H groups in total. The average Bonchev–Trinajstić information content (AvgIpc) is 3.08. The van der Waals surface area contributed by atoms with Gasteiger partial charge < -0.3 is 9.80 Å². The van der Waals surface area contributed by atoms with Gasteiger partial charge in [-0.25, -0.2) is 13.4 Å². The Morgan fingerprint density at radius 3 is 2.54 bits per heavy atom. The van der Waals surface area contributed by atoms with E-state index in [1.807, 2.05) is 12.1 Å². The van der Waals surface area contributed by atoms with Crippen molar-refractivity contribution in [3.63, 3.8) is 0 Å². The minimum atomic E-state index is -3.62. The van der Waals surface area contributed by atoms with Gasteiger partial charge in [0.25, 0.3) is 10.0 Å². The lowest BCUT2D eigenvalue weighted by molar-refractivity contribution is 0.312. The molecule has 0 unspecified atom stereocenters. The molecule has 2 aromatic heterocycles. The zero-order valence-electron chi connectivity index (χ0n) is 14.4. The first-order valence-electron chi connectivity index (χ1n) is 8.43. The number of likely N-dealkylation sites (N-methyl/N-ethyl adjacent to an activating group) is 1. The number of pyridine rings is 1. The van der Waals surface area contributed by atoms with E-state index in [4.69, 9.17) is 0 Å². The van der Waals surface area contributed by atoms with E-state index < -0.39 is 10.0 Å². The number of anilines is 2. The molecule has 0 amide bonds. The summed E-state index contributed by atoms with van der Waals surface area (Å²) in [6.45, 7) is 3.73. The molecule has 8 heteroatoms. The molecule has 0 saturated carbocycles. The molecular weight excluding hydrogens is 368 g/mol. The van der Waals surface area contributed by atoms with Crippen LogP contribution in [0.4, 0.5) is 11.5 Å². The van der Waals surface area contributed by atoms with Crippen molar-refractivity contribution < 1.29 is 8.42 Å². The molecular formula is C18H20N4O2S2. The van der Waals surface area contributed by atoms with Crippen LogP contribution in [0.2, 0.25) is 0 Å². The molecule has 1 saturated heterocycles. The first-order valence-corrected chi connectivity index (χ1v) is 10.7. The van der Waals surface area contributed by atoms with Gasteiger partial charge in [0, 0.05) is 48.1 Å². The standard InChI is InChI=1S/C18H20N4O2S2/c1-21-9-11-22(12-10-21)18-15-13-17(25-16(15)7-8-19-18)26(23,24)20-14-5-3-2-4-6-14/h2-8,13,20H,9-12H2,1H3. The maximum atomic E-state index is 12.8. The summed E-state index contributed by atoms with van der Waals surface area (Å²) in [6, 6.07) is 12.6. The SMILES string of the molecule is CN1CCN(c2nccc3sc(S(=O)(=O)Nc4ccccc4)cc23)CC1. The summed E-state index contributed by atoms with van der Waals surface area (Å²) >= 11 is 1.27. The summed E-state index contributed by atoms with van der Waals surface area (Å²) in [5, 5.41) is 0.899. The summed E-state index contributed by atoms with van der Waals surface area (Å²) in [5.41, 5.74) is 0.558. The lowest BCUT2D eigenvalue weighted by Gasteiger charge is -2.33. The lowest BCUT2D eigenvalue weighted by Crippen LogP contribution is -2.44. The van der Waals surface area contributed by atoms with Crippen molar-refractivity contribution in [2.45, 2.75) is 4.21 Å². The van der Waals surface area contributed by atoms with Crippen LogP contribution in [0.25, 0.3) is 10.1 Å². The molecule has 0 radical (unpaired) electrons. The average molecular weight is 389 g/mol. The number of nitrogens with one attached hydrogen (secondary N) is 1. The number of fused-ring (bicyclic) bond motifs is 1. The first-order chi connectivity index (χ1) is 12.5. The predicted octanol–water partition coefficient (Wildman–Crippen LogP) is 2.85. The molecule has 0 spiro atoms. The van der Waals surface area contributed by atoms with Crippen LogP contribution in [0, 0.1) is 0 Å². The molecule has 3 aromatic rings. The highest BCUT2D eigenvalue weighted by atomic mass is 32.2. The summed E-state index contributed by atoms with van der Waals surface area (Å²) in [6.07, 6.45) is 1.76. The van der Waals surface area contributed by atoms with Crippen molar-refractivity contribution in [3.05, 3.63) is 48.7 Å². The van der Waals surface area contributed by atoms with Crippen molar-refractivity contribution in [1.82, 2.24) is 9.88 Å². The van der Waals surface area contributed by atoms with Gasteiger partial charge in [-0.1, -0.05) is 18.2 Å². The number of nitrogens with zero attached hydrogens (tertiary/aromatic N) is 3. The molecule has 1 aromatic carbocycles. The van der Waals surface area contributed by atoms with Crippen LogP contribution >= 0.6 is 11.3 Å². The van der Waals surface area contributed by atoms with Gasteiger partial charge in [-0.2, -0.15) is 0 Å². The van der Waals surface area contributed by atoms with Crippen LogP contribution in [0.5, 0.6) is 0 Å². The molecule has 0 bridgehead atoms.